The molecule has 0 saturated carbocycles. The van der Waals surface area contributed by atoms with Crippen LogP contribution in [0.5, 0.6) is 0 Å². The summed E-state index contributed by atoms with van der Waals surface area (Å²) in [5, 5.41) is 2.83. The molecule has 0 bridgehead atoms. The fourth-order valence-electron chi connectivity index (χ4n) is 1.60. The van der Waals surface area contributed by atoms with Gasteiger partial charge in [0, 0.05) is 6.54 Å². The first-order chi connectivity index (χ1) is 8.97. The molecule has 19 heavy (non-hydrogen) atoms. The predicted molar refractivity (Wildman–Crippen MR) is 67.4 cm³/mol. The smallest absolute Gasteiger partial charge is 0.397 e. The molecule has 0 aliphatic carbocycles. The summed E-state index contributed by atoms with van der Waals surface area (Å²) in [5.41, 5.74) is 4.97. The topological polar surface area (TPSA) is 50.9 Å². The van der Waals surface area contributed by atoms with E-state index < -0.39 is 11.7 Å². The molecule has 1 heterocycles. The van der Waals surface area contributed by atoms with Gasteiger partial charge in [-0.2, -0.15) is 13.2 Å². The first kappa shape index (κ1) is 13.2. The molecule has 6 heteroatoms. The Labute approximate surface area is 108 Å². The van der Waals surface area contributed by atoms with Crippen molar-refractivity contribution in [3.8, 4) is 0 Å². The van der Waals surface area contributed by atoms with Crippen molar-refractivity contribution in [2.24, 2.45) is 0 Å². The Morgan fingerprint density at radius 2 is 1.84 bits per heavy atom. The highest BCUT2D eigenvalue weighted by Gasteiger charge is 2.33. The quantitative estimate of drug-likeness (QED) is 0.897. The maximum atomic E-state index is 12.7. The molecule has 0 aliphatic rings. The van der Waals surface area contributed by atoms with E-state index >= 15 is 0 Å². The van der Waals surface area contributed by atoms with E-state index in [1.807, 2.05) is 30.3 Å². The summed E-state index contributed by atoms with van der Waals surface area (Å²) in [6.45, 7) is 0.398. The normalized spacial score (nSPS) is 11.3. The number of hydrogen-bond donors (Lipinski definition) is 2. The zero-order valence-corrected chi connectivity index (χ0v) is 9.91. The summed E-state index contributed by atoms with van der Waals surface area (Å²) in [4.78, 5) is 3.83. The van der Waals surface area contributed by atoms with Gasteiger partial charge in [-0.15, -0.1) is 0 Å². The molecule has 0 spiro atoms. The minimum Gasteiger partial charge on any atom is -0.397 e. The second kappa shape index (κ2) is 5.17. The lowest BCUT2D eigenvalue weighted by Gasteiger charge is -2.12. The Bertz CT molecular complexity index is 553. The molecule has 1 aromatic heterocycles. The van der Waals surface area contributed by atoms with Gasteiger partial charge in [0.1, 0.15) is 5.82 Å². The summed E-state index contributed by atoms with van der Waals surface area (Å²) < 4.78 is 38.0. The fourth-order valence-corrected chi connectivity index (χ4v) is 1.60. The van der Waals surface area contributed by atoms with Gasteiger partial charge in [0.15, 0.2) is 0 Å². The van der Waals surface area contributed by atoms with Crippen molar-refractivity contribution >= 4 is 11.5 Å². The monoisotopic (exact) mass is 267 g/mol. The molecule has 2 aromatic rings. The lowest BCUT2D eigenvalue weighted by molar-refractivity contribution is -0.136. The third-order valence-corrected chi connectivity index (χ3v) is 2.56. The number of benzene rings is 1. The van der Waals surface area contributed by atoms with Crippen LogP contribution in [0.1, 0.15) is 11.1 Å². The average molecular weight is 267 g/mol. The van der Waals surface area contributed by atoms with Crippen LogP contribution in [0.4, 0.5) is 24.7 Å². The van der Waals surface area contributed by atoms with Gasteiger partial charge in [0.25, 0.3) is 0 Å². The molecule has 2 rings (SSSR count). The summed E-state index contributed by atoms with van der Waals surface area (Å²) in [6, 6.07) is 10.2. The van der Waals surface area contributed by atoms with E-state index in [2.05, 4.69) is 10.3 Å². The van der Waals surface area contributed by atoms with Crippen LogP contribution in [0.3, 0.4) is 0 Å². The lowest BCUT2D eigenvalue weighted by atomic mass is 10.2. The molecule has 3 nitrogen and oxygen atoms in total. The molecular formula is C13H12F3N3. The zero-order valence-electron chi connectivity index (χ0n) is 9.91. The van der Waals surface area contributed by atoms with Gasteiger partial charge in [-0.3, -0.25) is 0 Å². The Hall–Kier alpha value is -2.24. The SMILES string of the molecule is Nc1cnc(NCc2ccccc2)cc1C(F)(F)F. The average Bonchev–Trinajstić information content (AvgIpc) is 2.37. The summed E-state index contributed by atoms with van der Waals surface area (Å²) >= 11 is 0. The largest absolute Gasteiger partial charge is 0.418 e. The maximum Gasteiger partial charge on any atom is 0.418 e. The predicted octanol–water partition coefficient (Wildman–Crippen LogP) is 3.29. The number of hydrogen-bond acceptors (Lipinski definition) is 3. The molecule has 0 unspecified atom stereocenters. The van der Waals surface area contributed by atoms with Gasteiger partial charge in [0.05, 0.1) is 17.4 Å². The number of halogens is 3. The van der Waals surface area contributed by atoms with Crippen molar-refractivity contribution in [1.29, 1.82) is 0 Å². The summed E-state index contributed by atoms with van der Waals surface area (Å²) in [5.74, 6) is 0.144. The third-order valence-electron chi connectivity index (χ3n) is 2.56. The lowest BCUT2D eigenvalue weighted by Crippen LogP contribution is -2.11. The highest BCUT2D eigenvalue weighted by atomic mass is 19.4. The molecular weight excluding hydrogens is 255 g/mol. The van der Waals surface area contributed by atoms with Gasteiger partial charge in [0.2, 0.25) is 0 Å². The van der Waals surface area contributed by atoms with Gasteiger partial charge in [-0.25, -0.2) is 4.98 Å². The molecule has 1 aromatic carbocycles. The van der Waals surface area contributed by atoms with Gasteiger partial charge in [-0.1, -0.05) is 30.3 Å². The second-order valence-electron chi connectivity index (χ2n) is 3.99. The van der Waals surface area contributed by atoms with Gasteiger partial charge >= 0.3 is 6.18 Å². The van der Waals surface area contributed by atoms with E-state index in [1.165, 1.54) is 0 Å². The highest BCUT2D eigenvalue weighted by Crippen LogP contribution is 2.34. The standard InChI is InChI=1S/C13H12F3N3/c14-13(15,16)10-6-12(19-8-11(10)17)18-7-9-4-2-1-3-5-9/h1-6,8H,7,17H2,(H,18,19). The Balaban J connectivity index is 2.14. The van der Waals surface area contributed by atoms with Gasteiger partial charge < -0.3 is 11.1 Å². The van der Waals surface area contributed by atoms with Crippen LogP contribution >= 0.6 is 0 Å². The number of nitrogen functional groups attached to an aromatic ring is 1. The first-order valence-electron chi connectivity index (χ1n) is 5.57. The molecule has 0 aliphatic heterocycles. The van der Waals surface area contributed by atoms with Crippen molar-refractivity contribution in [2.75, 3.05) is 11.1 Å². The van der Waals surface area contributed by atoms with Crippen LogP contribution in [0.25, 0.3) is 0 Å². The maximum absolute atomic E-state index is 12.7. The molecule has 0 radical (unpaired) electrons. The van der Waals surface area contributed by atoms with E-state index in [0.29, 0.717) is 6.54 Å². The van der Waals surface area contributed by atoms with Crippen molar-refractivity contribution in [2.45, 2.75) is 12.7 Å². The number of nitrogens with one attached hydrogen (secondary N) is 1. The van der Waals surface area contributed by atoms with Crippen LogP contribution in [0, 0.1) is 0 Å². The highest BCUT2D eigenvalue weighted by molar-refractivity contribution is 5.53. The van der Waals surface area contributed by atoms with E-state index in [9.17, 15) is 13.2 Å². The first-order valence-corrected chi connectivity index (χ1v) is 5.57. The van der Waals surface area contributed by atoms with Gasteiger partial charge in [-0.05, 0) is 11.6 Å². The Kier molecular flexibility index (Phi) is 3.59. The summed E-state index contributed by atoms with van der Waals surface area (Å²) in [7, 11) is 0. The minimum absolute atomic E-state index is 0.144. The number of aromatic nitrogens is 1. The molecule has 0 saturated heterocycles. The second-order valence-corrected chi connectivity index (χ2v) is 3.99. The zero-order chi connectivity index (χ0) is 13.9. The van der Waals surface area contributed by atoms with E-state index in [1.54, 1.807) is 0 Å². The van der Waals surface area contributed by atoms with E-state index in [-0.39, 0.29) is 11.5 Å². The van der Waals surface area contributed by atoms with Crippen LogP contribution < -0.4 is 11.1 Å². The molecule has 100 valence electrons. The van der Waals surface area contributed by atoms with Crippen molar-refractivity contribution < 1.29 is 13.2 Å². The minimum atomic E-state index is -4.48. The number of rotatable bonds is 3. The fraction of sp³-hybridized carbons (Fsp3) is 0.154. The van der Waals surface area contributed by atoms with Crippen LogP contribution in [-0.4, -0.2) is 4.98 Å². The molecule has 0 atom stereocenters. The van der Waals surface area contributed by atoms with E-state index in [4.69, 9.17) is 5.73 Å². The number of anilines is 2. The Morgan fingerprint density at radius 1 is 1.16 bits per heavy atom. The number of alkyl halides is 3. The third kappa shape index (κ3) is 3.37. The molecule has 0 amide bonds. The Morgan fingerprint density at radius 3 is 2.47 bits per heavy atom. The summed E-state index contributed by atoms with van der Waals surface area (Å²) in [6.07, 6.45) is -3.47. The molecule has 3 N–H and O–H groups in total. The van der Waals surface area contributed by atoms with Crippen LogP contribution in [0.2, 0.25) is 0 Å². The number of nitrogens with two attached hydrogens (primary N) is 1. The number of nitrogens with zero attached hydrogens (tertiary/aromatic N) is 1. The van der Waals surface area contributed by atoms with Crippen molar-refractivity contribution in [3.63, 3.8) is 0 Å². The van der Waals surface area contributed by atoms with Crippen LogP contribution in [-0.2, 0) is 12.7 Å². The van der Waals surface area contributed by atoms with Crippen molar-refractivity contribution in [1.82, 2.24) is 4.98 Å². The molecule has 0 fully saturated rings. The van der Waals surface area contributed by atoms with Crippen LogP contribution in [0.15, 0.2) is 42.6 Å². The van der Waals surface area contributed by atoms with E-state index in [0.717, 1.165) is 17.8 Å². The van der Waals surface area contributed by atoms with Crippen molar-refractivity contribution in [3.05, 3.63) is 53.7 Å². The number of pyridine rings is 1.